The van der Waals surface area contributed by atoms with Crippen LogP contribution < -0.4 is 0 Å². The minimum Gasteiger partial charge on any atom is -0.0628 e. The lowest BCUT2D eigenvalue weighted by molar-refractivity contribution is 0.232. The van der Waals surface area contributed by atoms with Crippen molar-refractivity contribution in [1.29, 1.82) is 0 Å². The fourth-order valence-corrected chi connectivity index (χ4v) is 3.41. The van der Waals surface area contributed by atoms with Gasteiger partial charge in [-0.1, -0.05) is 79.1 Å². The van der Waals surface area contributed by atoms with Gasteiger partial charge in [-0.25, -0.2) is 0 Å². The Morgan fingerprint density at radius 3 is 1.88 bits per heavy atom. The summed E-state index contributed by atoms with van der Waals surface area (Å²) in [6.07, 6.45) is 13.5. The van der Waals surface area contributed by atoms with Crippen LogP contribution in [-0.2, 0) is 0 Å². The highest BCUT2D eigenvalue weighted by molar-refractivity contribution is 4.73. The molecule has 102 valence electrons. The minimum atomic E-state index is 0.900. The predicted octanol–water partition coefficient (Wildman–Crippen LogP) is 6.06. The van der Waals surface area contributed by atoms with Crippen molar-refractivity contribution in [3.05, 3.63) is 0 Å². The van der Waals surface area contributed by atoms with Crippen LogP contribution in [0.1, 0.15) is 85.5 Å². The molecular formula is C17H34. The van der Waals surface area contributed by atoms with E-state index in [1.54, 1.807) is 0 Å². The maximum Gasteiger partial charge on any atom is -0.0412 e. The number of rotatable bonds is 7. The lowest BCUT2D eigenvalue weighted by atomic mass is 9.77. The van der Waals surface area contributed by atoms with Crippen molar-refractivity contribution in [2.45, 2.75) is 85.5 Å². The van der Waals surface area contributed by atoms with Gasteiger partial charge in [-0.05, 0) is 30.1 Å². The van der Waals surface area contributed by atoms with Gasteiger partial charge in [-0.3, -0.25) is 0 Å². The summed E-state index contributed by atoms with van der Waals surface area (Å²) < 4.78 is 0. The van der Waals surface area contributed by atoms with Gasteiger partial charge in [0.1, 0.15) is 0 Å². The van der Waals surface area contributed by atoms with Gasteiger partial charge >= 0.3 is 0 Å². The number of hydrogen-bond acceptors (Lipinski definition) is 0. The largest absolute Gasteiger partial charge is 0.0628 e. The van der Waals surface area contributed by atoms with Crippen LogP contribution in [0, 0.1) is 23.7 Å². The monoisotopic (exact) mass is 238 g/mol. The molecule has 0 bridgehead atoms. The highest BCUT2D eigenvalue weighted by Crippen LogP contribution is 2.35. The van der Waals surface area contributed by atoms with Gasteiger partial charge in [0.25, 0.3) is 0 Å². The molecule has 1 aliphatic carbocycles. The van der Waals surface area contributed by atoms with Crippen molar-refractivity contribution in [1.82, 2.24) is 0 Å². The zero-order chi connectivity index (χ0) is 12.7. The molecule has 0 unspecified atom stereocenters. The Morgan fingerprint density at radius 2 is 1.35 bits per heavy atom. The molecule has 0 heterocycles. The molecule has 0 aromatic carbocycles. The molecule has 0 spiro atoms. The van der Waals surface area contributed by atoms with Crippen LogP contribution in [0.5, 0.6) is 0 Å². The third-order valence-corrected chi connectivity index (χ3v) is 4.41. The smallest absolute Gasteiger partial charge is 0.0412 e. The van der Waals surface area contributed by atoms with E-state index in [2.05, 4.69) is 27.7 Å². The summed E-state index contributed by atoms with van der Waals surface area (Å²) in [7, 11) is 0. The van der Waals surface area contributed by atoms with Crippen molar-refractivity contribution in [2.24, 2.45) is 23.7 Å². The first-order chi connectivity index (χ1) is 8.08. The molecule has 0 radical (unpaired) electrons. The Bertz CT molecular complexity index is 170. The molecule has 0 atom stereocenters. The highest BCUT2D eigenvalue weighted by Gasteiger charge is 2.21. The molecule has 1 saturated carbocycles. The van der Waals surface area contributed by atoms with Gasteiger partial charge in [-0.2, -0.15) is 0 Å². The van der Waals surface area contributed by atoms with Gasteiger partial charge in [0.15, 0.2) is 0 Å². The lowest BCUT2D eigenvalue weighted by Crippen LogP contribution is -2.16. The molecule has 0 nitrogen and oxygen atoms in total. The summed E-state index contributed by atoms with van der Waals surface area (Å²) in [6, 6.07) is 0. The summed E-state index contributed by atoms with van der Waals surface area (Å²) in [4.78, 5) is 0. The van der Waals surface area contributed by atoms with Crippen molar-refractivity contribution >= 4 is 0 Å². The van der Waals surface area contributed by atoms with Crippen LogP contribution in [-0.4, -0.2) is 0 Å². The van der Waals surface area contributed by atoms with Gasteiger partial charge in [-0.15, -0.1) is 0 Å². The zero-order valence-corrected chi connectivity index (χ0v) is 12.7. The van der Waals surface area contributed by atoms with E-state index < -0.39 is 0 Å². The fourth-order valence-electron chi connectivity index (χ4n) is 3.41. The van der Waals surface area contributed by atoms with E-state index in [1.807, 2.05) is 0 Å². The van der Waals surface area contributed by atoms with Crippen molar-refractivity contribution in [2.75, 3.05) is 0 Å². The third kappa shape index (κ3) is 7.11. The molecule has 0 heteroatoms. The molecule has 0 aliphatic heterocycles. The Morgan fingerprint density at radius 1 is 0.765 bits per heavy atom. The highest BCUT2D eigenvalue weighted by atomic mass is 14.3. The van der Waals surface area contributed by atoms with Crippen molar-refractivity contribution < 1.29 is 0 Å². The molecule has 0 aromatic heterocycles. The van der Waals surface area contributed by atoms with E-state index in [4.69, 9.17) is 0 Å². The Balaban J connectivity index is 2.03. The standard InChI is InChI=1S/C17H34/c1-14(2)7-5-6-8-16-9-11-17(12-10-16)13-15(3)4/h14-17H,5-13H2,1-4H3. The maximum atomic E-state index is 2.37. The van der Waals surface area contributed by atoms with Crippen molar-refractivity contribution in [3.8, 4) is 0 Å². The van der Waals surface area contributed by atoms with Crippen LogP contribution in [0.25, 0.3) is 0 Å². The van der Waals surface area contributed by atoms with E-state index in [0.717, 1.165) is 23.7 Å². The van der Waals surface area contributed by atoms with Crippen LogP contribution in [0.15, 0.2) is 0 Å². The van der Waals surface area contributed by atoms with E-state index in [9.17, 15) is 0 Å². The van der Waals surface area contributed by atoms with E-state index >= 15 is 0 Å². The SMILES string of the molecule is CC(C)CCCCC1CCC(CC(C)C)CC1. The summed E-state index contributed by atoms with van der Waals surface area (Å²) in [5.74, 6) is 3.94. The minimum absolute atomic E-state index is 0.900. The quantitative estimate of drug-likeness (QED) is 0.473. The first kappa shape index (κ1) is 15.1. The second-order valence-electron chi connectivity index (χ2n) is 7.19. The second-order valence-corrected chi connectivity index (χ2v) is 7.19. The van der Waals surface area contributed by atoms with Gasteiger partial charge in [0.2, 0.25) is 0 Å². The summed E-state index contributed by atoms with van der Waals surface area (Å²) in [5, 5.41) is 0. The zero-order valence-electron chi connectivity index (χ0n) is 12.7. The normalized spacial score (nSPS) is 25.8. The molecule has 1 fully saturated rings. The Kier molecular flexibility index (Phi) is 7.23. The van der Waals surface area contributed by atoms with E-state index in [0.29, 0.717) is 0 Å². The van der Waals surface area contributed by atoms with Crippen LogP contribution >= 0.6 is 0 Å². The van der Waals surface area contributed by atoms with E-state index in [-0.39, 0.29) is 0 Å². The average molecular weight is 238 g/mol. The average Bonchev–Trinajstić information content (AvgIpc) is 2.25. The number of hydrogen-bond donors (Lipinski definition) is 0. The van der Waals surface area contributed by atoms with Gasteiger partial charge in [0, 0.05) is 0 Å². The molecule has 1 aliphatic rings. The first-order valence-electron chi connectivity index (χ1n) is 8.08. The molecule has 0 N–H and O–H groups in total. The molecule has 0 saturated heterocycles. The summed E-state index contributed by atoms with van der Waals surface area (Å²) >= 11 is 0. The molecule has 0 amide bonds. The van der Waals surface area contributed by atoms with Crippen LogP contribution in [0.3, 0.4) is 0 Å². The predicted molar refractivity (Wildman–Crippen MR) is 78.2 cm³/mol. The number of unbranched alkanes of at least 4 members (excludes halogenated alkanes) is 1. The first-order valence-corrected chi connectivity index (χ1v) is 8.08. The topological polar surface area (TPSA) is 0 Å². The van der Waals surface area contributed by atoms with Crippen LogP contribution in [0.2, 0.25) is 0 Å². The second kappa shape index (κ2) is 8.16. The molecular weight excluding hydrogens is 204 g/mol. The van der Waals surface area contributed by atoms with Gasteiger partial charge in [0.05, 0.1) is 0 Å². The Labute approximate surface area is 110 Å². The van der Waals surface area contributed by atoms with Gasteiger partial charge < -0.3 is 0 Å². The molecule has 0 aromatic rings. The fraction of sp³-hybridized carbons (Fsp3) is 1.00. The maximum absolute atomic E-state index is 2.37. The molecule has 17 heavy (non-hydrogen) atoms. The lowest BCUT2D eigenvalue weighted by Gasteiger charge is -2.29. The van der Waals surface area contributed by atoms with E-state index in [1.165, 1.54) is 57.8 Å². The Hall–Kier alpha value is 0. The third-order valence-electron chi connectivity index (χ3n) is 4.41. The van der Waals surface area contributed by atoms with Crippen LogP contribution in [0.4, 0.5) is 0 Å². The molecule has 1 rings (SSSR count). The summed E-state index contributed by atoms with van der Waals surface area (Å²) in [5.41, 5.74) is 0. The summed E-state index contributed by atoms with van der Waals surface area (Å²) in [6.45, 7) is 9.43. The van der Waals surface area contributed by atoms with Crippen molar-refractivity contribution in [3.63, 3.8) is 0 Å².